The maximum Gasteiger partial charge on any atom is 0.254 e. The van der Waals surface area contributed by atoms with Crippen LogP contribution in [0.15, 0.2) is 12.1 Å². The van der Waals surface area contributed by atoms with Crippen LogP contribution < -0.4 is 0 Å². The van der Waals surface area contributed by atoms with E-state index in [0.717, 1.165) is 44.3 Å². The van der Waals surface area contributed by atoms with Crippen molar-refractivity contribution in [3.63, 3.8) is 0 Å². The van der Waals surface area contributed by atoms with Gasteiger partial charge < -0.3 is 4.90 Å². The second-order valence-corrected chi connectivity index (χ2v) is 5.54. The van der Waals surface area contributed by atoms with Gasteiger partial charge in [-0.15, -0.1) is 0 Å². The molecule has 104 valence electrons. The van der Waals surface area contributed by atoms with Gasteiger partial charge in [-0.1, -0.05) is 31.9 Å². The van der Waals surface area contributed by atoms with Crippen molar-refractivity contribution in [2.75, 3.05) is 6.54 Å². The van der Waals surface area contributed by atoms with Gasteiger partial charge in [0.25, 0.3) is 5.91 Å². The Morgan fingerprint density at radius 2 is 2.11 bits per heavy atom. The van der Waals surface area contributed by atoms with E-state index < -0.39 is 0 Å². The maximum atomic E-state index is 12.6. The first kappa shape index (κ1) is 14.3. The Morgan fingerprint density at radius 3 is 2.68 bits per heavy atom. The van der Waals surface area contributed by atoms with Crippen LogP contribution in [0, 0.1) is 0 Å². The predicted molar refractivity (Wildman–Crippen MR) is 77.6 cm³/mol. The molecule has 0 atom stereocenters. The Morgan fingerprint density at radius 1 is 1.37 bits per heavy atom. The highest BCUT2D eigenvalue weighted by molar-refractivity contribution is 6.29. The highest BCUT2D eigenvalue weighted by Crippen LogP contribution is 2.28. The van der Waals surface area contributed by atoms with Crippen LogP contribution in [0.5, 0.6) is 0 Å². The summed E-state index contributed by atoms with van der Waals surface area (Å²) in [5, 5.41) is 0.418. The minimum atomic E-state index is 0.103. The molecule has 0 aromatic carbocycles. The van der Waals surface area contributed by atoms with E-state index in [1.165, 1.54) is 0 Å². The summed E-state index contributed by atoms with van der Waals surface area (Å²) in [5.74, 6) is 0.103. The molecule has 0 spiro atoms. The van der Waals surface area contributed by atoms with E-state index in [4.69, 9.17) is 11.6 Å². The first-order chi connectivity index (χ1) is 9.15. The second kappa shape index (κ2) is 6.38. The van der Waals surface area contributed by atoms with E-state index in [2.05, 4.69) is 18.8 Å². The molecule has 3 nitrogen and oxygen atoms in total. The highest BCUT2D eigenvalue weighted by atomic mass is 35.5. The number of carbonyl (C=O) groups excluding carboxylic acids is 1. The summed E-state index contributed by atoms with van der Waals surface area (Å²) in [7, 11) is 0. The first-order valence-electron chi connectivity index (χ1n) is 7.13. The number of aryl methyl sites for hydroxylation is 1. The van der Waals surface area contributed by atoms with Crippen molar-refractivity contribution < 1.29 is 4.79 Å². The molecule has 19 heavy (non-hydrogen) atoms. The quantitative estimate of drug-likeness (QED) is 0.745. The fourth-order valence-electron chi connectivity index (χ4n) is 2.30. The third-order valence-electron chi connectivity index (χ3n) is 3.31. The molecule has 1 amide bonds. The van der Waals surface area contributed by atoms with Crippen molar-refractivity contribution in [3.05, 3.63) is 28.5 Å². The first-order valence-corrected chi connectivity index (χ1v) is 7.51. The zero-order valence-electron chi connectivity index (χ0n) is 11.7. The molecule has 0 bridgehead atoms. The molecule has 0 radical (unpaired) electrons. The van der Waals surface area contributed by atoms with E-state index >= 15 is 0 Å². The predicted octanol–water partition coefficient (Wildman–Crippen LogP) is 3.70. The summed E-state index contributed by atoms with van der Waals surface area (Å²) in [6, 6.07) is 4.02. The Hall–Kier alpha value is -1.09. The van der Waals surface area contributed by atoms with Crippen molar-refractivity contribution in [3.8, 4) is 0 Å². The molecule has 1 heterocycles. The van der Waals surface area contributed by atoms with Crippen LogP contribution in [0.3, 0.4) is 0 Å². The summed E-state index contributed by atoms with van der Waals surface area (Å²) >= 11 is 6.02. The number of aromatic nitrogens is 1. The van der Waals surface area contributed by atoms with Gasteiger partial charge in [-0.25, -0.2) is 4.98 Å². The molecule has 1 aliphatic carbocycles. The summed E-state index contributed by atoms with van der Waals surface area (Å²) < 4.78 is 0. The average Bonchev–Trinajstić information content (AvgIpc) is 3.19. The van der Waals surface area contributed by atoms with E-state index in [9.17, 15) is 4.79 Å². The lowest BCUT2D eigenvalue weighted by atomic mass is 10.1. The van der Waals surface area contributed by atoms with Crippen molar-refractivity contribution in [1.29, 1.82) is 0 Å². The minimum absolute atomic E-state index is 0.103. The Balaban J connectivity index is 2.21. The number of nitrogens with zero attached hydrogens (tertiary/aromatic N) is 2. The van der Waals surface area contributed by atoms with E-state index in [-0.39, 0.29) is 5.91 Å². The number of hydrogen-bond donors (Lipinski definition) is 0. The summed E-state index contributed by atoms with van der Waals surface area (Å²) in [6.07, 6.45) is 5.11. The Labute approximate surface area is 120 Å². The van der Waals surface area contributed by atoms with E-state index in [0.29, 0.717) is 16.8 Å². The van der Waals surface area contributed by atoms with Gasteiger partial charge in [0.15, 0.2) is 0 Å². The molecule has 0 saturated heterocycles. The maximum absolute atomic E-state index is 12.6. The van der Waals surface area contributed by atoms with Crippen LogP contribution in [0.25, 0.3) is 0 Å². The second-order valence-electron chi connectivity index (χ2n) is 5.15. The molecule has 1 fully saturated rings. The monoisotopic (exact) mass is 280 g/mol. The van der Waals surface area contributed by atoms with Gasteiger partial charge in [0.2, 0.25) is 0 Å². The van der Waals surface area contributed by atoms with Crippen molar-refractivity contribution >= 4 is 17.5 Å². The number of hydrogen-bond acceptors (Lipinski definition) is 2. The summed E-state index contributed by atoms with van der Waals surface area (Å²) in [4.78, 5) is 18.8. The van der Waals surface area contributed by atoms with Gasteiger partial charge in [0.05, 0.1) is 0 Å². The van der Waals surface area contributed by atoms with Crippen LogP contribution in [0.1, 0.15) is 55.6 Å². The number of pyridine rings is 1. The van der Waals surface area contributed by atoms with Gasteiger partial charge in [0, 0.05) is 23.8 Å². The number of amides is 1. The van der Waals surface area contributed by atoms with Crippen molar-refractivity contribution in [2.24, 2.45) is 0 Å². The van der Waals surface area contributed by atoms with Crippen molar-refractivity contribution in [1.82, 2.24) is 9.88 Å². The molecule has 0 unspecified atom stereocenters. The van der Waals surface area contributed by atoms with Crippen LogP contribution >= 0.6 is 11.6 Å². The smallest absolute Gasteiger partial charge is 0.254 e. The number of halogens is 1. The van der Waals surface area contributed by atoms with Crippen LogP contribution in [-0.4, -0.2) is 28.4 Å². The fourth-order valence-corrected chi connectivity index (χ4v) is 2.53. The molecule has 1 aromatic rings. The molecular weight excluding hydrogens is 260 g/mol. The van der Waals surface area contributed by atoms with Gasteiger partial charge in [-0.2, -0.15) is 0 Å². The molecule has 0 N–H and O–H groups in total. The van der Waals surface area contributed by atoms with Crippen LogP contribution in [0.4, 0.5) is 0 Å². The zero-order valence-corrected chi connectivity index (χ0v) is 12.4. The van der Waals surface area contributed by atoms with E-state index in [1.54, 1.807) is 6.07 Å². The van der Waals surface area contributed by atoms with E-state index in [1.807, 2.05) is 11.0 Å². The topological polar surface area (TPSA) is 33.2 Å². The molecule has 1 aromatic heterocycles. The normalized spacial score (nSPS) is 14.5. The van der Waals surface area contributed by atoms with Gasteiger partial charge >= 0.3 is 0 Å². The van der Waals surface area contributed by atoms with Gasteiger partial charge in [-0.3, -0.25) is 4.79 Å². The number of rotatable bonds is 6. The minimum Gasteiger partial charge on any atom is -0.336 e. The summed E-state index contributed by atoms with van der Waals surface area (Å²) in [5.41, 5.74) is 1.59. The molecular formula is C15H21ClN2O. The lowest BCUT2D eigenvalue weighted by molar-refractivity contribution is 0.0743. The Kier molecular flexibility index (Phi) is 4.81. The van der Waals surface area contributed by atoms with Gasteiger partial charge in [0.1, 0.15) is 5.15 Å². The lowest BCUT2D eigenvalue weighted by Gasteiger charge is -2.22. The standard InChI is InChI=1S/C15H21ClN2O/c1-3-5-12-9-11(10-14(16)17-12)15(19)18(8-4-2)13-6-7-13/h9-10,13H,3-8H2,1-2H3. The molecule has 1 saturated carbocycles. The SMILES string of the molecule is CCCc1cc(C(=O)N(CCC)C2CC2)cc(Cl)n1. The fraction of sp³-hybridized carbons (Fsp3) is 0.600. The summed E-state index contributed by atoms with van der Waals surface area (Å²) in [6.45, 7) is 5.02. The highest BCUT2D eigenvalue weighted by Gasteiger charge is 2.32. The average molecular weight is 281 g/mol. The van der Waals surface area contributed by atoms with Crippen LogP contribution in [0.2, 0.25) is 5.15 Å². The molecule has 4 heteroatoms. The van der Waals surface area contributed by atoms with Gasteiger partial charge in [-0.05, 0) is 37.8 Å². The Bertz CT molecular complexity index is 457. The molecule has 2 rings (SSSR count). The molecule has 0 aliphatic heterocycles. The number of carbonyl (C=O) groups is 1. The lowest BCUT2D eigenvalue weighted by Crippen LogP contribution is -2.33. The third-order valence-corrected chi connectivity index (χ3v) is 3.51. The van der Waals surface area contributed by atoms with Crippen LogP contribution in [-0.2, 0) is 6.42 Å². The largest absolute Gasteiger partial charge is 0.336 e. The molecule has 1 aliphatic rings. The van der Waals surface area contributed by atoms with Crippen molar-refractivity contribution in [2.45, 2.75) is 52.0 Å². The third kappa shape index (κ3) is 3.69. The zero-order chi connectivity index (χ0) is 13.8.